The SMILES string of the molecule is Cn1c(CN2CCN(C(=O)c3cnccn3)CC2)nc2ccccc21. The van der Waals surface area contributed by atoms with Crippen LogP contribution in [-0.4, -0.2) is 61.4 Å². The maximum absolute atomic E-state index is 12.4. The summed E-state index contributed by atoms with van der Waals surface area (Å²) in [4.78, 5) is 29.4. The van der Waals surface area contributed by atoms with Crippen molar-refractivity contribution >= 4 is 16.9 Å². The zero-order valence-electron chi connectivity index (χ0n) is 14.2. The third-order valence-corrected chi connectivity index (χ3v) is 4.69. The fraction of sp³-hybridized carbons (Fsp3) is 0.333. The van der Waals surface area contributed by atoms with Crippen LogP contribution in [-0.2, 0) is 13.6 Å². The van der Waals surface area contributed by atoms with Gasteiger partial charge in [-0.05, 0) is 12.1 Å². The van der Waals surface area contributed by atoms with E-state index in [4.69, 9.17) is 4.98 Å². The second-order valence-electron chi connectivity index (χ2n) is 6.23. The first-order chi connectivity index (χ1) is 12.2. The van der Waals surface area contributed by atoms with Gasteiger partial charge in [0.2, 0.25) is 0 Å². The van der Waals surface area contributed by atoms with Crippen LogP contribution >= 0.6 is 0 Å². The van der Waals surface area contributed by atoms with E-state index in [1.165, 1.54) is 6.20 Å². The molecule has 1 aliphatic rings. The number of carbonyl (C=O) groups is 1. The van der Waals surface area contributed by atoms with Crippen molar-refractivity contribution in [3.8, 4) is 0 Å². The van der Waals surface area contributed by atoms with Gasteiger partial charge in [0.15, 0.2) is 0 Å². The Morgan fingerprint density at radius 3 is 2.64 bits per heavy atom. The van der Waals surface area contributed by atoms with E-state index in [1.807, 2.05) is 23.1 Å². The molecule has 2 aromatic heterocycles. The molecule has 1 aliphatic heterocycles. The molecule has 3 aromatic rings. The maximum atomic E-state index is 12.4. The van der Waals surface area contributed by atoms with Crippen molar-refractivity contribution in [3.05, 3.63) is 54.4 Å². The van der Waals surface area contributed by atoms with Crippen LogP contribution < -0.4 is 0 Å². The van der Waals surface area contributed by atoms with Gasteiger partial charge in [0, 0.05) is 45.6 Å². The largest absolute Gasteiger partial charge is 0.335 e. The number of rotatable bonds is 3. The molecule has 7 heteroatoms. The molecular weight excluding hydrogens is 316 g/mol. The number of hydrogen-bond donors (Lipinski definition) is 0. The zero-order chi connectivity index (χ0) is 17.2. The van der Waals surface area contributed by atoms with Crippen molar-refractivity contribution in [3.63, 3.8) is 0 Å². The molecule has 25 heavy (non-hydrogen) atoms. The fourth-order valence-corrected chi connectivity index (χ4v) is 3.22. The topological polar surface area (TPSA) is 67.2 Å². The van der Waals surface area contributed by atoms with E-state index in [2.05, 4.69) is 32.5 Å². The highest BCUT2D eigenvalue weighted by molar-refractivity contribution is 5.92. The van der Waals surface area contributed by atoms with Crippen LogP contribution in [0.4, 0.5) is 0 Å². The Kier molecular flexibility index (Phi) is 4.15. The van der Waals surface area contributed by atoms with E-state index in [1.54, 1.807) is 12.4 Å². The predicted molar refractivity (Wildman–Crippen MR) is 93.9 cm³/mol. The minimum atomic E-state index is -0.0459. The number of fused-ring (bicyclic) bond motifs is 1. The van der Waals surface area contributed by atoms with Gasteiger partial charge >= 0.3 is 0 Å². The van der Waals surface area contributed by atoms with Gasteiger partial charge in [0.05, 0.1) is 23.8 Å². The Morgan fingerprint density at radius 1 is 1.12 bits per heavy atom. The van der Waals surface area contributed by atoms with Crippen LogP contribution in [0.25, 0.3) is 11.0 Å². The molecule has 0 saturated carbocycles. The lowest BCUT2D eigenvalue weighted by molar-refractivity contribution is 0.0618. The minimum Gasteiger partial charge on any atom is -0.335 e. The van der Waals surface area contributed by atoms with Crippen LogP contribution in [0.1, 0.15) is 16.3 Å². The molecule has 4 rings (SSSR count). The minimum absolute atomic E-state index is 0.0459. The Morgan fingerprint density at radius 2 is 1.92 bits per heavy atom. The summed E-state index contributed by atoms with van der Waals surface area (Å²) in [6.07, 6.45) is 4.65. The van der Waals surface area contributed by atoms with E-state index < -0.39 is 0 Å². The maximum Gasteiger partial charge on any atom is 0.274 e. The molecule has 3 heterocycles. The average Bonchev–Trinajstić information content (AvgIpc) is 2.98. The molecule has 1 aromatic carbocycles. The first-order valence-electron chi connectivity index (χ1n) is 8.40. The van der Waals surface area contributed by atoms with E-state index in [0.717, 1.165) is 36.5 Å². The van der Waals surface area contributed by atoms with Gasteiger partial charge in [-0.1, -0.05) is 12.1 Å². The summed E-state index contributed by atoms with van der Waals surface area (Å²) in [6.45, 7) is 3.83. The van der Waals surface area contributed by atoms with Gasteiger partial charge in [-0.2, -0.15) is 0 Å². The lowest BCUT2D eigenvalue weighted by atomic mass is 10.2. The quantitative estimate of drug-likeness (QED) is 0.722. The number of para-hydroxylation sites is 2. The second kappa shape index (κ2) is 6.60. The Hall–Kier alpha value is -2.80. The van der Waals surface area contributed by atoms with Gasteiger partial charge < -0.3 is 9.47 Å². The summed E-state index contributed by atoms with van der Waals surface area (Å²) in [5, 5.41) is 0. The van der Waals surface area contributed by atoms with Crippen molar-refractivity contribution < 1.29 is 4.79 Å². The van der Waals surface area contributed by atoms with Crippen molar-refractivity contribution in [2.75, 3.05) is 26.2 Å². The molecule has 0 unspecified atom stereocenters. The monoisotopic (exact) mass is 336 g/mol. The van der Waals surface area contributed by atoms with Crippen LogP contribution in [0.15, 0.2) is 42.9 Å². The molecule has 0 bridgehead atoms. The molecule has 0 aliphatic carbocycles. The highest BCUT2D eigenvalue weighted by Crippen LogP contribution is 2.16. The standard InChI is InChI=1S/C18H20N6O/c1-22-16-5-3-2-4-14(16)21-17(22)13-23-8-10-24(11-9-23)18(25)15-12-19-6-7-20-15/h2-7,12H,8-11,13H2,1H3. The number of hydrogen-bond acceptors (Lipinski definition) is 5. The molecule has 1 fully saturated rings. The molecule has 0 N–H and O–H groups in total. The van der Waals surface area contributed by atoms with E-state index in [0.29, 0.717) is 18.8 Å². The first-order valence-corrected chi connectivity index (χ1v) is 8.40. The number of piperazine rings is 1. The van der Waals surface area contributed by atoms with Crippen molar-refractivity contribution in [1.29, 1.82) is 0 Å². The third kappa shape index (κ3) is 3.10. The summed E-state index contributed by atoms with van der Waals surface area (Å²) in [6, 6.07) is 8.17. The summed E-state index contributed by atoms with van der Waals surface area (Å²) in [5.74, 6) is 1.00. The third-order valence-electron chi connectivity index (χ3n) is 4.69. The Balaban J connectivity index is 1.40. The van der Waals surface area contributed by atoms with Crippen LogP contribution in [0, 0.1) is 0 Å². The zero-order valence-corrected chi connectivity index (χ0v) is 14.2. The Labute approximate surface area is 145 Å². The van der Waals surface area contributed by atoms with Gasteiger partial charge in [0.1, 0.15) is 11.5 Å². The second-order valence-corrected chi connectivity index (χ2v) is 6.23. The summed E-state index contributed by atoms with van der Waals surface area (Å²) in [7, 11) is 2.05. The number of nitrogens with zero attached hydrogens (tertiary/aromatic N) is 6. The first kappa shape index (κ1) is 15.7. The molecular formula is C18H20N6O. The van der Waals surface area contributed by atoms with Crippen LogP contribution in [0.3, 0.4) is 0 Å². The van der Waals surface area contributed by atoms with Crippen molar-refractivity contribution in [2.45, 2.75) is 6.54 Å². The average molecular weight is 336 g/mol. The molecule has 7 nitrogen and oxygen atoms in total. The molecule has 128 valence electrons. The van der Waals surface area contributed by atoms with Gasteiger partial charge in [0.25, 0.3) is 5.91 Å². The fourth-order valence-electron chi connectivity index (χ4n) is 3.22. The number of carbonyl (C=O) groups excluding carboxylic acids is 1. The number of benzene rings is 1. The smallest absolute Gasteiger partial charge is 0.274 e. The number of amides is 1. The summed E-state index contributed by atoms with van der Waals surface area (Å²) < 4.78 is 2.15. The van der Waals surface area contributed by atoms with Gasteiger partial charge in [-0.15, -0.1) is 0 Å². The van der Waals surface area contributed by atoms with Crippen molar-refractivity contribution in [1.82, 2.24) is 29.3 Å². The molecule has 1 amide bonds. The lowest BCUT2D eigenvalue weighted by Gasteiger charge is -2.34. The normalized spacial score (nSPS) is 15.6. The van der Waals surface area contributed by atoms with E-state index >= 15 is 0 Å². The Bertz CT molecular complexity index is 883. The van der Waals surface area contributed by atoms with Gasteiger partial charge in [-0.3, -0.25) is 14.7 Å². The summed E-state index contributed by atoms with van der Waals surface area (Å²) >= 11 is 0. The lowest BCUT2D eigenvalue weighted by Crippen LogP contribution is -2.48. The van der Waals surface area contributed by atoms with Crippen LogP contribution in [0.5, 0.6) is 0 Å². The highest BCUT2D eigenvalue weighted by atomic mass is 16.2. The van der Waals surface area contributed by atoms with Gasteiger partial charge in [-0.25, -0.2) is 9.97 Å². The van der Waals surface area contributed by atoms with Crippen molar-refractivity contribution in [2.24, 2.45) is 7.05 Å². The van der Waals surface area contributed by atoms with E-state index in [9.17, 15) is 4.79 Å². The van der Waals surface area contributed by atoms with E-state index in [-0.39, 0.29) is 5.91 Å². The number of aromatic nitrogens is 4. The molecule has 0 spiro atoms. The number of aryl methyl sites for hydroxylation is 1. The van der Waals surface area contributed by atoms with Crippen LogP contribution in [0.2, 0.25) is 0 Å². The molecule has 0 radical (unpaired) electrons. The predicted octanol–water partition coefficient (Wildman–Crippen LogP) is 1.32. The highest BCUT2D eigenvalue weighted by Gasteiger charge is 2.24. The molecule has 1 saturated heterocycles. The summed E-state index contributed by atoms with van der Waals surface area (Å²) in [5.41, 5.74) is 2.58. The number of imidazole rings is 1. The molecule has 0 atom stereocenters.